The standard InChI is InChI=1S/C26H29Cl2FN4O3/c1-13(2)10-20(30)26(34)33-8-6-15(7-9-33)17-12-35-23-16(17)11-32-25(31)24(23)36-14(3)21-18(27)4-5-19(29)22(21)28/h4-6,11-14,20H,7-10,30H2,1-3H3,(H2,31,32)/t14-,20+/m1/s1. The van der Waals surface area contributed by atoms with Gasteiger partial charge in [0.2, 0.25) is 11.7 Å². The number of nitrogen functional groups attached to an aromatic ring is 1. The SMILES string of the molecule is CC(C)C[C@H](N)C(=O)N1CC=C(c2coc3c(O[C@H](C)c4c(Cl)ccc(F)c4Cl)c(N)ncc23)CC1. The van der Waals surface area contributed by atoms with Crippen LogP contribution in [0, 0.1) is 11.7 Å². The van der Waals surface area contributed by atoms with E-state index in [1.165, 1.54) is 12.1 Å². The third kappa shape index (κ3) is 5.16. The summed E-state index contributed by atoms with van der Waals surface area (Å²) in [4.78, 5) is 18.7. The van der Waals surface area contributed by atoms with Gasteiger partial charge in [0.1, 0.15) is 11.9 Å². The Balaban J connectivity index is 1.59. The van der Waals surface area contributed by atoms with Gasteiger partial charge in [-0.25, -0.2) is 9.37 Å². The van der Waals surface area contributed by atoms with E-state index < -0.39 is 18.0 Å². The molecule has 0 radical (unpaired) electrons. The largest absolute Gasteiger partial charge is 0.478 e. The fraction of sp³-hybridized carbons (Fsp3) is 0.385. The number of benzene rings is 1. The minimum Gasteiger partial charge on any atom is -0.478 e. The average Bonchev–Trinajstić information content (AvgIpc) is 3.27. The Morgan fingerprint density at radius 3 is 2.72 bits per heavy atom. The summed E-state index contributed by atoms with van der Waals surface area (Å²) in [5.74, 6) is 0.0509. The first-order valence-corrected chi connectivity index (χ1v) is 12.5. The van der Waals surface area contributed by atoms with Gasteiger partial charge in [-0.1, -0.05) is 43.1 Å². The number of amides is 1. The van der Waals surface area contributed by atoms with E-state index in [1.807, 2.05) is 19.9 Å². The van der Waals surface area contributed by atoms with E-state index in [4.69, 9.17) is 43.8 Å². The van der Waals surface area contributed by atoms with Crippen LogP contribution in [0.4, 0.5) is 10.2 Å². The van der Waals surface area contributed by atoms with Crippen LogP contribution < -0.4 is 16.2 Å². The molecule has 0 saturated heterocycles. The summed E-state index contributed by atoms with van der Waals surface area (Å²) >= 11 is 12.4. The van der Waals surface area contributed by atoms with Crippen molar-refractivity contribution in [3.05, 3.63) is 57.7 Å². The van der Waals surface area contributed by atoms with Crippen LogP contribution in [0.2, 0.25) is 10.0 Å². The van der Waals surface area contributed by atoms with Crippen molar-refractivity contribution in [2.45, 2.75) is 45.8 Å². The molecule has 1 aliphatic rings. The van der Waals surface area contributed by atoms with Crippen LogP contribution in [0.15, 0.2) is 35.1 Å². The van der Waals surface area contributed by atoms with Crippen molar-refractivity contribution in [1.82, 2.24) is 9.88 Å². The van der Waals surface area contributed by atoms with Crippen molar-refractivity contribution in [3.8, 4) is 5.75 Å². The van der Waals surface area contributed by atoms with Crippen molar-refractivity contribution in [2.24, 2.45) is 11.7 Å². The number of furan rings is 1. The van der Waals surface area contributed by atoms with Crippen LogP contribution >= 0.6 is 23.2 Å². The molecule has 0 saturated carbocycles. The maximum atomic E-state index is 14.0. The van der Waals surface area contributed by atoms with Crippen LogP contribution in [0.3, 0.4) is 0 Å². The highest BCUT2D eigenvalue weighted by molar-refractivity contribution is 6.36. The van der Waals surface area contributed by atoms with E-state index in [2.05, 4.69) is 4.98 Å². The van der Waals surface area contributed by atoms with Crippen LogP contribution in [-0.4, -0.2) is 34.9 Å². The molecule has 0 bridgehead atoms. The van der Waals surface area contributed by atoms with E-state index in [9.17, 15) is 9.18 Å². The van der Waals surface area contributed by atoms with Gasteiger partial charge >= 0.3 is 0 Å². The Morgan fingerprint density at radius 2 is 2.06 bits per heavy atom. The number of fused-ring (bicyclic) bond motifs is 1. The number of nitrogens with zero attached hydrogens (tertiary/aromatic N) is 2. The monoisotopic (exact) mass is 534 g/mol. The van der Waals surface area contributed by atoms with Gasteiger partial charge in [0.05, 0.1) is 22.7 Å². The van der Waals surface area contributed by atoms with Crippen molar-refractivity contribution in [3.63, 3.8) is 0 Å². The molecule has 7 nitrogen and oxygen atoms in total. The zero-order chi connectivity index (χ0) is 26.1. The zero-order valence-corrected chi connectivity index (χ0v) is 21.9. The first-order valence-electron chi connectivity index (χ1n) is 11.8. The van der Waals surface area contributed by atoms with Crippen molar-refractivity contribution < 1.29 is 18.3 Å². The minimum atomic E-state index is -0.729. The highest BCUT2D eigenvalue weighted by atomic mass is 35.5. The Bertz CT molecular complexity index is 1320. The molecular formula is C26H29Cl2FN4O3. The van der Waals surface area contributed by atoms with Gasteiger partial charge in [-0.05, 0) is 43.4 Å². The van der Waals surface area contributed by atoms with Gasteiger partial charge < -0.3 is 25.5 Å². The quantitative estimate of drug-likeness (QED) is 0.360. The second-order valence-corrected chi connectivity index (χ2v) is 10.2. The molecule has 0 fully saturated rings. The van der Waals surface area contributed by atoms with Crippen molar-refractivity contribution in [1.29, 1.82) is 0 Å². The number of halogens is 3. The Kier molecular flexibility index (Phi) is 7.78. The highest BCUT2D eigenvalue weighted by Gasteiger charge is 2.26. The van der Waals surface area contributed by atoms with Gasteiger partial charge in [0.25, 0.3) is 0 Å². The van der Waals surface area contributed by atoms with Gasteiger partial charge in [-0.15, -0.1) is 0 Å². The van der Waals surface area contributed by atoms with Gasteiger partial charge in [-0.2, -0.15) is 0 Å². The molecule has 2 atom stereocenters. The number of ether oxygens (including phenoxy) is 1. The highest BCUT2D eigenvalue weighted by Crippen LogP contribution is 2.41. The predicted molar refractivity (Wildman–Crippen MR) is 140 cm³/mol. The van der Waals surface area contributed by atoms with Gasteiger partial charge in [-0.3, -0.25) is 4.79 Å². The molecule has 4 rings (SSSR count). The van der Waals surface area contributed by atoms with E-state index in [-0.39, 0.29) is 27.5 Å². The lowest BCUT2D eigenvalue weighted by Gasteiger charge is -2.29. The molecule has 0 spiro atoms. The summed E-state index contributed by atoms with van der Waals surface area (Å²) < 4.78 is 26.0. The number of anilines is 1. The second-order valence-electron chi connectivity index (χ2n) is 9.38. The van der Waals surface area contributed by atoms with E-state index in [0.717, 1.165) is 11.1 Å². The number of rotatable bonds is 7. The third-order valence-electron chi connectivity index (χ3n) is 6.29. The number of hydrogen-bond donors (Lipinski definition) is 2. The van der Waals surface area contributed by atoms with Gasteiger partial charge in [0.15, 0.2) is 11.4 Å². The fourth-order valence-electron chi connectivity index (χ4n) is 4.45. The lowest BCUT2D eigenvalue weighted by molar-refractivity contribution is -0.132. The molecule has 3 aromatic rings. The molecule has 192 valence electrons. The lowest BCUT2D eigenvalue weighted by Crippen LogP contribution is -2.45. The molecule has 3 heterocycles. The smallest absolute Gasteiger partial charge is 0.239 e. The number of carbonyl (C=O) groups excluding carboxylic acids is 1. The Morgan fingerprint density at radius 1 is 1.31 bits per heavy atom. The van der Waals surface area contributed by atoms with Crippen molar-refractivity contribution in [2.75, 3.05) is 18.8 Å². The molecule has 0 aliphatic carbocycles. The van der Waals surface area contributed by atoms with Crippen LogP contribution in [0.25, 0.3) is 16.5 Å². The Hall–Kier alpha value is -2.81. The van der Waals surface area contributed by atoms with Crippen LogP contribution in [0.1, 0.15) is 50.8 Å². The topological polar surface area (TPSA) is 108 Å². The van der Waals surface area contributed by atoms with E-state index in [0.29, 0.717) is 48.4 Å². The average molecular weight is 535 g/mol. The van der Waals surface area contributed by atoms with E-state index in [1.54, 1.807) is 24.3 Å². The molecule has 4 N–H and O–H groups in total. The second kappa shape index (κ2) is 10.7. The number of pyridine rings is 1. The first-order chi connectivity index (χ1) is 17.1. The molecule has 1 aliphatic heterocycles. The summed E-state index contributed by atoms with van der Waals surface area (Å²) in [7, 11) is 0. The van der Waals surface area contributed by atoms with Crippen LogP contribution in [-0.2, 0) is 4.79 Å². The molecule has 2 aromatic heterocycles. The molecule has 10 heteroatoms. The number of nitrogens with two attached hydrogens (primary N) is 2. The summed E-state index contributed by atoms with van der Waals surface area (Å²) in [6, 6.07) is 2.12. The zero-order valence-electron chi connectivity index (χ0n) is 20.4. The minimum absolute atomic E-state index is 0.0372. The Labute approximate surface area is 219 Å². The molecule has 1 aromatic carbocycles. The predicted octanol–water partition coefficient (Wildman–Crippen LogP) is 5.99. The molecule has 36 heavy (non-hydrogen) atoms. The molecular weight excluding hydrogens is 506 g/mol. The normalized spacial score (nSPS) is 15.8. The van der Waals surface area contributed by atoms with Gasteiger partial charge in [0, 0.05) is 35.4 Å². The molecule has 1 amide bonds. The number of hydrogen-bond acceptors (Lipinski definition) is 6. The lowest BCUT2D eigenvalue weighted by atomic mass is 9.98. The van der Waals surface area contributed by atoms with E-state index >= 15 is 0 Å². The summed E-state index contributed by atoms with van der Waals surface area (Å²) in [5.41, 5.74) is 14.8. The maximum absolute atomic E-state index is 14.0. The number of aromatic nitrogens is 1. The maximum Gasteiger partial charge on any atom is 0.239 e. The summed E-state index contributed by atoms with van der Waals surface area (Å²) in [5, 5.41) is 0.867. The third-order valence-corrected chi connectivity index (χ3v) is 7.00. The summed E-state index contributed by atoms with van der Waals surface area (Å²) in [6.07, 6.45) is 5.81. The van der Waals surface area contributed by atoms with Crippen molar-refractivity contribution >= 4 is 51.5 Å². The molecule has 0 unspecified atom stereocenters. The summed E-state index contributed by atoms with van der Waals surface area (Å²) in [6.45, 7) is 6.81. The first kappa shape index (κ1) is 26.3. The number of carbonyl (C=O) groups is 1. The van der Waals surface area contributed by atoms with Crippen LogP contribution in [0.5, 0.6) is 5.75 Å². The fourth-order valence-corrected chi connectivity index (χ4v) is 5.13.